The molecule has 0 aliphatic carbocycles. The largest absolute Gasteiger partial charge is 0.485 e. The van der Waals surface area contributed by atoms with Crippen molar-refractivity contribution in [3.05, 3.63) is 87.2 Å². The van der Waals surface area contributed by atoms with Crippen molar-refractivity contribution in [2.75, 3.05) is 5.32 Å². The first-order valence-electron chi connectivity index (χ1n) is 7.41. The Morgan fingerprint density at radius 1 is 0.840 bits per heavy atom. The summed E-state index contributed by atoms with van der Waals surface area (Å²) in [5.41, 5.74) is 1.81. The van der Waals surface area contributed by atoms with Gasteiger partial charge in [0.2, 0.25) is 0 Å². The van der Waals surface area contributed by atoms with Crippen LogP contribution in [0.1, 0.15) is 5.56 Å². The predicted octanol–water partition coefficient (Wildman–Crippen LogP) is 6.03. The van der Waals surface area contributed by atoms with Crippen LogP contribution in [0, 0.1) is 21.0 Å². The fourth-order valence-electron chi connectivity index (χ4n) is 2.22. The van der Waals surface area contributed by atoms with E-state index in [1.54, 1.807) is 0 Å². The molecule has 3 aromatic rings. The molecule has 3 rings (SSSR count). The van der Waals surface area contributed by atoms with Gasteiger partial charge in [0.15, 0.2) is 23.2 Å². The molecule has 1 N–H and O–H groups in total. The average molecular weight is 455 g/mol. The highest BCUT2D eigenvalue weighted by Gasteiger charge is 2.14. The van der Waals surface area contributed by atoms with Crippen molar-refractivity contribution >= 4 is 34.0 Å². The fraction of sp³-hybridized carbons (Fsp3) is 0.0526. The molecule has 0 aliphatic rings. The molecule has 2 nitrogen and oxygen atoms in total. The lowest BCUT2D eigenvalue weighted by Crippen LogP contribution is -2.02. The van der Waals surface area contributed by atoms with Gasteiger partial charge in [-0.15, -0.1) is 0 Å². The topological polar surface area (TPSA) is 21.3 Å². The van der Waals surface area contributed by atoms with Crippen molar-refractivity contribution in [3.63, 3.8) is 0 Å². The molecular weight excluding hydrogens is 442 g/mol. The van der Waals surface area contributed by atoms with Gasteiger partial charge in [-0.05, 0) is 52.4 Å². The van der Waals surface area contributed by atoms with Crippen molar-refractivity contribution in [2.24, 2.45) is 0 Å². The van der Waals surface area contributed by atoms with Gasteiger partial charge in [-0.2, -0.15) is 0 Å². The quantitative estimate of drug-likeness (QED) is 0.475. The van der Waals surface area contributed by atoms with E-state index in [-0.39, 0.29) is 12.4 Å². The predicted molar refractivity (Wildman–Crippen MR) is 99.5 cm³/mol. The Kier molecular flexibility index (Phi) is 5.47. The minimum absolute atomic E-state index is 0.108. The standard InChI is InChI=1S/C19H13F3INO/c20-14-7-6-13(10-16(14)22)24-17-9-8-15(21)19(18(17)23)25-11-12-4-2-1-3-5-12/h1-10,24H,11H2. The Balaban J connectivity index is 1.82. The van der Waals surface area contributed by atoms with Gasteiger partial charge in [-0.3, -0.25) is 0 Å². The number of hydrogen-bond acceptors (Lipinski definition) is 2. The zero-order chi connectivity index (χ0) is 17.8. The first kappa shape index (κ1) is 17.6. The van der Waals surface area contributed by atoms with Gasteiger partial charge >= 0.3 is 0 Å². The Hall–Kier alpha value is -2.22. The molecule has 0 unspecified atom stereocenters. The van der Waals surface area contributed by atoms with Crippen LogP contribution in [0.4, 0.5) is 24.5 Å². The lowest BCUT2D eigenvalue weighted by Gasteiger charge is -2.14. The van der Waals surface area contributed by atoms with E-state index in [0.717, 1.165) is 17.7 Å². The molecule has 0 radical (unpaired) electrons. The van der Waals surface area contributed by atoms with Crippen LogP contribution in [-0.4, -0.2) is 0 Å². The van der Waals surface area contributed by atoms with Crippen molar-refractivity contribution in [1.29, 1.82) is 0 Å². The SMILES string of the molecule is Fc1ccc(Nc2ccc(F)c(OCc3ccccc3)c2I)cc1F. The highest BCUT2D eigenvalue weighted by molar-refractivity contribution is 14.1. The molecule has 0 atom stereocenters. The Morgan fingerprint density at radius 3 is 2.28 bits per heavy atom. The van der Waals surface area contributed by atoms with Crippen LogP contribution in [-0.2, 0) is 6.61 Å². The Labute approximate surface area is 156 Å². The summed E-state index contributed by atoms with van der Waals surface area (Å²) in [5.74, 6) is -2.26. The third kappa shape index (κ3) is 4.25. The summed E-state index contributed by atoms with van der Waals surface area (Å²) in [7, 11) is 0. The molecule has 0 heterocycles. The average Bonchev–Trinajstić information content (AvgIpc) is 2.61. The molecule has 25 heavy (non-hydrogen) atoms. The fourth-order valence-corrected chi connectivity index (χ4v) is 2.95. The second-order valence-electron chi connectivity index (χ2n) is 5.27. The second-order valence-corrected chi connectivity index (χ2v) is 6.34. The minimum atomic E-state index is -0.956. The third-order valence-electron chi connectivity index (χ3n) is 3.47. The van der Waals surface area contributed by atoms with E-state index < -0.39 is 17.5 Å². The van der Waals surface area contributed by atoms with Gasteiger partial charge in [-0.1, -0.05) is 30.3 Å². The van der Waals surface area contributed by atoms with E-state index in [1.807, 2.05) is 52.9 Å². The maximum absolute atomic E-state index is 14.1. The van der Waals surface area contributed by atoms with Crippen LogP contribution >= 0.6 is 22.6 Å². The van der Waals surface area contributed by atoms with Crippen molar-refractivity contribution < 1.29 is 17.9 Å². The molecule has 0 fully saturated rings. The smallest absolute Gasteiger partial charge is 0.170 e. The number of benzene rings is 3. The number of nitrogens with one attached hydrogen (secondary N) is 1. The summed E-state index contributed by atoms with van der Waals surface area (Å²) in [5, 5.41) is 2.95. The van der Waals surface area contributed by atoms with Crippen molar-refractivity contribution in [3.8, 4) is 5.75 Å². The maximum Gasteiger partial charge on any atom is 0.170 e. The van der Waals surface area contributed by atoms with E-state index in [4.69, 9.17) is 4.74 Å². The molecule has 0 saturated carbocycles. The van der Waals surface area contributed by atoms with E-state index >= 15 is 0 Å². The van der Waals surface area contributed by atoms with Crippen LogP contribution in [0.5, 0.6) is 5.75 Å². The van der Waals surface area contributed by atoms with Gasteiger partial charge in [-0.25, -0.2) is 13.2 Å². The number of ether oxygens (including phenoxy) is 1. The van der Waals surface area contributed by atoms with Gasteiger partial charge in [0, 0.05) is 11.8 Å². The highest BCUT2D eigenvalue weighted by Crippen LogP contribution is 2.33. The zero-order valence-electron chi connectivity index (χ0n) is 12.9. The monoisotopic (exact) mass is 455 g/mol. The van der Waals surface area contributed by atoms with Crippen LogP contribution in [0.15, 0.2) is 60.7 Å². The van der Waals surface area contributed by atoms with E-state index in [0.29, 0.717) is 14.9 Å². The van der Waals surface area contributed by atoms with Gasteiger partial charge in [0.1, 0.15) is 6.61 Å². The summed E-state index contributed by atoms with van der Waals surface area (Å²) in [6.45, 7) is 0.225. The van der Waals surface area contributed by atoms with Gasteiger partial charge < -0.3 is 10.1 Å². The molecule has 0 aliphatic heterocycles. The number of hydrogen-bond donors (Lipinski definition) is 1. The van der Waals surface area contributed by atoms with E-state index in [2.05, 4.69) is 5.32 Å². The zero-order valence-corrected chi connectivity index (χ0v) is 15.1. The van der Waals surface area contributed by atoms with Crippen molar-refractivity contribution in [2.45, 2.75) is 6.61 Å². The van der Waals surface area contributed by atoms with Crippen LogP contribution in [0.2, 0.25) is 0 Å². The summed E-state index contributed by atoms with van der Waals surface area (Å²) < 4.78 is 46.6. The molecule has 0 spiro atoms. The number of halogens is 4. The lowest BCUT2D eigenvalue weighted by atomic mass is 10.2. The number of rotatable bonds is 5. The number of anilines is 2. The summed E-state index contributed by atoms with van der Waals surface area (Å²) in [6, 6.07) is 15.7. The molecule has 0 bridgehead atoms. The Bertz CT molecular complexity index is 887. The molecule has 6 heteroatoms. The molecule has 0 aromatic heterocycles. The third-order valence-corrected chi connectivity index (χ3v) is 4.54. The second kappa shape index (κ2) is 7.77. The summed E-state index contributed by atoms with van der Waals surface area (Å²) in [4.78, 5) is 0. The van der Waals surface area contributed by atoms with Crippen LogP contribution in [0.25, 0.3) is 0 Å². The van der Waals surface area contributed by atoms with Gasteiger partial charge in [0.05, 0.1) is 9.26 Å². The van der Waals surface area contributed by atoms with Gasteiger partial charge in [0.25, 0.3) is 0 Å². The Morgan fingerprint density at radius 2 is 1.56 bits per heavy atom. The molecule has 128 valence electrons. The summed E-state index contributed by atoms with van der Waals surface area (Å²) in [6.07, 6.45) is 0. The molecule has 3 aromatic carbocycles. The lowest BCUT2D eigenvalue weighted by molar-refractivity contribution is 0.288. The first-order valence-corrected chi connectivity index (χ1v) is 8.49. The highest BCUT2D eigenvalue weighted by atomic mass is 127. The van der Waals surface area contributed by atoms with E-state index in [9.17, 15) is 13.2 Å². The molecule has 0 amide bonds. The molecule has 0 saturated heterocycles. The molecular formula is C19H13F3INO. The summed E-state index contributed by atoms with van der Waals surface area (Å²) >= 11 is 1.96. The maximum atomic E-state index is 14.1. The van der Waals surface area contributed by atoms with E-state index in [1.165, 1.54) is 18.2 Å². The van der Waals surface area contributed by atoms with Crippen LogP contribution in [0.3, 0.4) is 0 Å². The minimum Gasteiger partial charge on any atom is -0.485 e. The van der Waals surface area contributed by atoms with Crippen LogP contribution < -0.4 is 10.1 Å². The first-order chi connectivity index (χ1) is 12.0. The van der Waals surface area contributed by atoms with Crippen molar-refractivity contribution in [1.82, 2.24) is 0 Å². The normalized spacial score (nSPS) is 10.6.